The maximum absolute atomic E-state index is 12.6. The first-order chi connectivity index (χ1) is 15.6. The summed E-state index contributed by atoms with van der Waals surface area (Å²) in [6.07, 6.45) is 1.44. The van der Waals surface area contributed by atoms with Gasteiger partial charge in [-0.1, -0.05) is 12.1 Å². The van der Waals surface area contributed by atoms with E-state index in [4.69, 9.17) is 21.7 Å². The van der Waals surface area contributed by atoms with Gasteiger partial charge in [0.05, 0.1) is 12.6 Å². The van der Waals surface area contributed by atoms with Gasteiger partial charge in [-0.2, -0.15) is 0 Å². The van der Waals surface area contributed by atoms with Crippen molar-refractivity contribution in [1.29, 1.82) is 0 Å². The molecule has 0 saturated heterocycles. The summed E-state index contributed by atoms with van der Waals surface area (Å²) in [6, 6.07) is 1.62. The molecule has 1 aromatic carbocycles. The lowest BCUT2D eigenvalue weighted by Gasteiger charge is -2.23. The second-order valence-corrected chi connectivity index (χ2v) is 7.63. The maximum Gasteiger partial charge on any atom is 0.328 e. The number of carboxylic acids is 1. The van der Waals surface area contributed by atoms with Crippen molar-refractivity contribution in [3.63, 3.8) is 0 Å². The second kappa shape index (κ2) is 14.0. The minimum Gasteiger partial charge on any atom is -0.508 e. The lowest BCUT2D eigenvalue weighted by molar-refractivity contribution is -0.143. The fourth-order valence-electron chi connectivity index (χ4n) is 2.88. The van der Waals surface area contributed by atoms with Crippen LogP contribution >= 0.6 is 0 Å². The van der Waals surface area contributed by atoms with E-state index in [1.807, 2.05) is 0 Å². The molecule has 10 N–H and O–H groups in total. The zero-order chi connectivity index (χ0) is 25.0. The number of carbonyl (C=O) groups excluding carboxylic acids is 3. The molecule has 1 aromatic rings. The number of amides is 3. The summed E-state index contributed by atoms with van der Waals surface area (Å²) in [5.41, 5.74) is 12.1. The van der Waals surface area contributed by atoms with Gasteiger partial charge in [-0.15, -0.1) is 0 Å². The highest BCUT2D eigenvalue weighted by atomic mass is 16.4. The molecule has 12 heteroatoms. The van der Waals surface area contributed by atoms with Gasteiger partial charge in [-0.05, 0) is 56.8 Å². The molecule has 12 nitrogen and oxygen atoms in total. The summed E-state index contributed by atoms with van der Waals surface area (Å²) >= 11 is 0. The molecule has 0 fully saturated rings. The van der Waals surface area contributed by atoms with Gasteiger partial charge in [-0.25, -0.2) is 4.79 Å². The fourth-order valence-corrected chi connectivity index (χ4v) is 2.88. The number of nitrogens with one attached hydrogen (secondary N) is 3. The Balaban J connectivity index is 2.71. The van der Waals surface area contributed by atoms with Crippen LogP contribution in [0.3, 0.4) is 0 Å². The molecule has 4 atom stereocenters. The smallest absolute Gasteiger partial charge is 0.328 e. The van der Waals surface area contributed by atoms with Crippen molar-refractivity contribution >= 4 is 23.7 Å². The van der Waals surface area contributed by atoms with Gasteiger partial charge in [0.15, 0.2) is 0 Å². The van der Waals surface area contributed by atoms with Crippen LogP contribution in [0.15, 0.2) is 24.3 Å². The zero-order valence-corrected chi connectivity index (χ0v) is 18.5. The number of rotatable bonds is 14. The van der Waals surface area contributed by atoms with Crippen molar-refractivity contribution in [2.45, 2.75) is 56.8 Å². The molecule has 0 aliphatic carbocycles. The topological polar surface area (TPSA) is 217 Å². The molecule has 3 amide bonds. The van der Waals surface area contributed by atoms with Crippen LogP contribution in [-0.2, 0) is 25.6 Å². The third kappa shape index (κ3) is 9.85. The van der Waals surface area contributed by atoms with Crippen molar-refractivity contribution in [3.05, 3.63) is 29.8 Å². The number of aliphatic hydroxyl groups excluding tert-OH is 1. The van der Waals surface area contributed by atoms with E-state index in [-0.39, 0.29) is 18.6 Å². The molecular formula is C21H33N5O7. The predicted octanol–water partition coefficient (Wildman–Crippen LogP) is -2.06. The van der Waals surface area contributed by atoms with Crippen molar-refractivity contribution in [1.82, 2.24) is 16.0 Å². The molecule has 4 unspecified atom stereocenters. The van der Waals surface area contributed by atoms with E-state index in [0.717, 1.165) is 5.56 Å². The zero-order valence-electron chi connectivity index (χ0n) is 18.5. The molecule has 0 aliphatic heterocycles. The average Bonchev–Trinajstić information content (AvgIpc) is 2.77. The Hall–Kier alpha value is -3.22. The minimum absolute atomic E-state index is 0.0841. The standard InChI is InChI=1S/C21H33N5O7/c1-12(24-19(30)15(23)10-13-5-7-14(28)8-6-13)18(29)25-16(4-2-3-9-22)20(31)26-17(11-27)21(32)33/h5-8,12,15-17,27-28H,2-4,9-11,22-23H2,1H3,(H,24,30)(H,25,29)(H,26,31)(H,32,33). The number of benzene rings is 1. The first-order valence-electron chi connectivity index (χ1n) is 10.6. The monoisotopic (exact) mass is 467 g/mol. The normalized spacial score (nSPS) is 14.4. The predicted molar refractivity (Wildman–Crippen MR) is 119 cm³/mol. The minimum atomic E-state index is -1.51. The van der Waals surface area contributed by atoms with Crippen LogP contribution in [0.2, 0.25) is 0 Å². The third-order valence-corrected chi connectivity index (χ3v) is 4.86. The number of phenols is 1. The molecule has 0 heterocycles. The SMILES string of the molecule is CC(NC(=O)C(N)Cc1ccc(O)cc1)C(=O)NC(CCCCN)C(=O)NC(CO)C(=O)O. The summed E-state index contributed by atoms with van der Waals surface area (Å²) in [7, 11) is 0. The molecule has 33 heavy (non-hydrogen) atoms. The third-order valence-electron chi connectivity index (χ3n) is 4.86. The lowest BCUT2D eigenvalue weighted by atomic mass is 10.1. The van der Waals surface area contributed by atoms with Crippen molar-refractivity contribution in [2.75, 3.05) is 13.2 Å². The Morgan fingerprint density at radius 2 is 1.55 bits per heavy atom. The summed E-state index contributed by atoms with van der Waals surface area (Å²) in [4.78, 5) is 48.5. The van der Waals surface area contributed by atoms with E-state index in [0.29, 0.717) is 19.4 Å². The van der Waals surface area contributed by atoms with Crippen LogP contribution in [0.25, 0.3) is 0 Å². The van der Waals surface area contributed by atoms with Crippen molar-refractivity contribution in [3.8, 4) is 5.75 Å². The molecule has 0 spiro atoms. The molecule has 0 bridgehead atoms. The molecule has 184 valence electrons. The number of carbonyl (C=O) groups is 4. The Bertz CT molecular complexity index is 803. The molecule has 0 aliphatic rings. The number of hydrogen-bond donors (Lipinski definition) is 8. The number of phenolic OH excluding ortho intramolecular Hbond substituents is 1. The first-order valence-corrected chi connectivity index (χ1v) is 10.6. The number of hydrogen-bond acceptors (Lipinski definition) is 8. The Kier molecular flexibility index (Phi) is 11.8. The van der Waals surface area contributed by atoms with Crippen LogP contribution in [0.4, 0.5) is 0 Å². The number of aliphatic carboxylic acids is 1. The highest BCUT2D eigenvalue weighted by Crippen LogP contribution is 2.11. The Labute approximate surface area is 191 Å². The van der Waals surface area contributed by atoms with Gasteiger partial charge >= 0.3 is 5.97 Å². The van der Waals surface area contributed by atoms with Gasteiger partial charge in [0, 0.05) is 0 Å². The van der Waals surface area contributed by atoms with Crippen LogP contribution in [0, 0.1) is 0 Å². The molecule has 0 radical (unpaired) electrons. The van der Waals surface area contributed by atoms with E-state index >= 15 is 0 Å². The summed E-state index contributed by atoms with van der Waals surface area (Å²) in [5.74, 6) is -3.35. The molecule has 1 rings (SSSR count). The van der Waals surface area contributed by atoms with Gasteiger partial charge in [0.25, 0.3) is 0 Å². The van der Waals surface area contributed by atoms with Crippen LogP contribution in [-0.4, -0.2) is 76.3 Å². The number of carboxylic acid groups (broad SMARTS) is 1. The van der Waals surface area contributed by atoms with Crippen molar-refractivity contribution in [2.24, 2.45) is 11.5 Å². The average molecular weight is 468 g/mol. The van der Waals surface area contributed by atoms with Crippen LogP contribution in [0.1, 0.15) is 31.7 Å². The summed E-state index contributed by atoms with van der Waals surface area (Å²) in [5, 5.41) is 34.6. The van der Waals surface area contributed by atoms with Crippen LogP contribution in [0.5, 0.6) is 5.75 Å². The highest BCUT2D eigenvalue weighted by molar-refractivity contribution is 5.93. The van der Waals surface area contributed by atoms with Gasteiger partial charge in [0.2, 0.25) is 17.7 Å². The molecular weight excluding hydrogens is 434 g/mol. The van der Waals surface area contributed by atoms with Gasteiger partial charge in [0.1, 0.15) is 23.9 Å². The fraction of sp³-hybridized carbons (Fsp3) is 0.524. The van der Waals surface area contributed by atoms with E-state index < -0.39 is 54.5 Å². The van der Waals surface area contributed by atoms with Crippen LogP contribution < -0.4 is 27.4 Å². The van der Waals surface area contributed by atoms with Gasteiger partial charge in [-0.3, -0.25) is 14.4 Å². The number of unbranched alkanes of at least 4 members (excludes halogenated alkanes) is 1. The maximum atomic E-state index is 12.6. The number of nitrogens with two attached hydrogens (primary N) is 2. The lowest BCUT2D eigenvalue weighted by Crippen LogP contribution is -2.56. The van der Waals surface area contributed by atoms with E-state index in [1.165, 1.54) is 19.1 Å². The van der Waals surface area contributed by atoms with E-state index in [2.05, 4.69) is 16.0 Å². The second-order valence-electron chi connectivity index (χ2n) is 7.63. The summed E-state index contributed by atoms with van der Waals surface area (Å²) in [6.45, 7) is 0.987. The van der Waals surface area contributed by atoms with E-state index in [9.17, 15) is 24.3 Å². The van der Waals surface area contributed by atoms with Gasteiger partial charge < -0.3 is 42.7 Å². The Morgan fingerprint density at radius 1 is 0.939 bits per heavy atom. The number of aromatic hydroxyl groups is 1. The summed E-state index contributed by atoms with van der Waals surface area (Å²) < 4.78 is 0. The number of aliphatic hydroxyl groups is 1. The molecule has 0 aromatic heterocycles. The van der Waals surface area contributed by atoms with Crippen molar-refractivity contribution < 1.29 is 34.5 Å². The molecule has 0 saturated carbocycles. The van der Waals surface area contributed by atoms with E-state index in [1.54, 1.807) is 12.1 Å². The highest BCUT2D eigenvalue weighted by Gasteiger charge is 2.28. The Morgan fingerprint density at radius 3 is 2.09 bits per heavy atom. The first kappa shape index (κ1) is 27.8. The largest absolute Gasteiger partial charge is 0.508 e. The quantitative estimate of drug-likeness (QED) is 0.141.